The van der Waals surface area contributed by atoms with Crippen LogP contribution in [0.3, 0.4) is 0 Å². The lowest BCUT2D eigenvalue weighted by Gasteiger charge is -2.13. The molecule has 0 N–H and O–H groups in total. The zero-order valence-corrected chi connectivity index (χ0v) is 20.2. The molecule has 0 atom stereocenters. The van der Waals surface area contributed by atoms with Crippen LogP contribution in [0.5, 0.6) is 17.2 Å². The van der Waals surface area contributed by atoms with Crippen LogP contribution in [-0.2, 0) is 9.59 Å². The van der Waals surface area contributed by atoms with Gasteiger partial charge in [-0.1, -0.05) is 11.6 Å². The molecule has 3 rings (SSSR count). The van der Waals surface area contributed by atoms with E-state index in [0.29, 0.717) is 37.8 Å². The number of carbonyl (C=O) groups is 2. The average molecular weight is 526 g/mol. The van der Waals surface area contributed by atoms with Crippen molar-refractivity contribution in [2.75, 3.05) is 21.3 Å². The number of esters is 1. The molecule has 1 fully saturated rings. The summed E-state index contributed by atoms with van der Waals surface area (Å²) in [4.78, 5) is 30.6. The summed E-state index contributed by atoms with van der Waals surface area (Å²) < 4.78 is 16.6. The zero-order chi connectivity index (χ0) is 22.7. The highest BCUT2D eigenvalue weighted by Gasteiger charge is 2.30. The first-order valence-corrected chi connectivity index (χ1v) is 10.9. The minimum absolute atomic E-state index is 0.177. The second-order valence-electron chi connectivity index (χ2n) is 6.32. The van der Waals surface area contributed by atoms with Crippen molar-refractivity contribution in [2.45, 2.75) is 6.92 Å². The van der Waals surface area contributed by atoms with Crippen molar-refractivity contribution in [2.24, 2.45) is 4.99 Å². The van der Waals surface area contributed by atoms with Crippen LogP contribution in [0.15, 0.2) is 44.7 Å². The molecule has 0 radical (unpaired) electrons. The second kappa shape index (κ2) is 9.76. The molecule has 0 unspecified atom stereocenters. The molecule has 0 spiro atoms. The fourth-order valence-electron chi connectivity index (χ4n) is 2.70. The van der Waals surface area contributed by atoms with Gasteiger partial charge in [0.05, 0.1) is 29.8 Å². The van der Waals surface area contributed by atoms with E-state index in [-0.39, 0.29) is 11.7 Å². The van der Waals surface area contributed by atoms with Crippen molar-refractivity contribution in [1.29, 1.82) is 0 Å². The van der Waals surface area contributed by atoms with E-state index in [9.17, 15) is 9.59 Å². The number of thioether (sulfide) groups is 1. The van der Waals surface area contributed by atoms with Gasteiger partial charge >= 0.3 is 5.97 Å². The smallest absolute Gasteiger partial charge is 0.308 e. The van der Waals surface area contributed by atoms with Crippen LogP contribution in [0.1, 0.15) is 12.5 Å². The molecule has 31 heavy (non-hydrogen) atoms. The van der Waals surface area contributed by atoms with E-state index < -0.39 is 5.97 Å². The Kier molecular flexibility index (Phi) is 7.30. The minimum Gasteiger partial charge on any atom is -0.493 e. The first-order valence-electron chi connectivity index (χ1n) is 8.89. The lowest BCUT2D eigenvalue weighted by atomic mass is 10.1. The van der Waals surface area contributed by atoms with Gasteiger partial charge in [-0.25, -0.2) is 4.99 Å². The first-order chi connectivity index (χ1) is 14.7. The Morgan fingerprint density at radius 2 is 1.84 bits per heavy atom. The number of ether oxygens (including phenoxy) is 3. The summed E-state index contributed by atoms with van der Waals surface area (Å²) in [6.07, 6.45) is 1.70. The quantitative estimate of drug-likeness (QED) is 0.300. The number of hydrogen-bond acceptors (Lipinski definition) is 7. The number of nitrogens with zero attached hydrogens (tertiary/aromatic N) is 2. The third-order valence-corrected chi connectivity index (χ3v) is 6.45. The molecule has 0 bridgehead atoms. The third kappa shape index (κ3) is 5.23. The van der Waals surface area contributed by atoms with Gasteiger partial charge in [-0.05, 0) is 69.7 Å². The summed E-state index contributed by atoms with van der Waals surface area (Å²) in [5, 5.41) is 1.05. The Labute approximate surface area is 197 Å². The molecular weight excluding hydrogens is 508 g/mol. The average Bonchev–Trinajstić information content (AvgIpc) is 2.98. The molecule has 0 aromatic heterocycles. The van der Waals surface area contributed by atoms with Gasteiger partial charge in [0.1, 0.15) is 0 Å². The summed E-state index contributed by atoms with van der Waals surface area (Å²) in [6, 6.07) is 8.62. The second-order valence-corrected chi connectivity index (χ2v) is 8.59. The van der Waals surface area contributed by atoms with Gasteiger partial charge < -0.3 is 14.2 Å². The Morgan fingerprint density at radius 1 is 1.19 bits per heavy atom. The van der Waals surface area contributed by atoms with Crippen molar-refractivity contribution in [3.05, 3.63) is 50.3 Å². The van der Waals surface area contributed by atoms with Crippen LogP contribution in [0.2, 0.25) is 5.02 Å². The van der Waals surface area contributed by atoms with Crippen molar-refractivity contribution in [1.82, 2.24) is 4.90 Å². The molecule has 2 aromatic carbocycles. The molecule has 2 aromatic rings. The van der Waals surface area contributed by atoms with E-state index in [1.807, 2.05) is 0 Å². The maximum atomic E-state index is 12.7. The molecule has 162 valence electrons. The number of halogens is 2. The largest absolute Gasteiger partial charge is 0.493 e. The fraction of sp³-hybridized carbons (Fsp3) is 0.190. The summed E-state index contributed by atoms with van der Waals surface area (Å²) in [7, 11) is 4.56. The molecule has 1 amide bonds. The van der Waals surface area contributed by atoms with Crippen LogP contribution in [-0.4, -0.2) is 43.2 Å². The Hall–Kier alpha value is -2.49. The predicted octanol–water partition coefficient (Wildman–Crippen LogP) is 5.28. The van der Waals surface area contributed by atoms with Gasteiger partial charge in [-0.15, -0.1) is 0 Å². The number of benzene rings is 2. The lowest BCUT2D eigenvalue weighted by Crippen LogP contribution is -2.23. The van der Waals surface area contributed by atoms with Gasteiger partial charge in [0.25, 0.3) is 5.91 Å². The summed E-state index contributed by atoms with van der Waals surface area (Å²) >= 11 is 10.7. The first kappa shape index (κ1) is 23.2. The normalized spacial score (nSPS) is 16.2. The highest BCUT2D eigenvalue weighted by Crippen LogP contribution is 2.41. The molecule has 1 aliphatic heterocycles. The number of aliphatic imine (C=N–C) groups is 1. The van der Waals surface area contributed by atoms with E-state index in [1.54, 1.807) is 43.5 Å². The third-order valence-electron chi connectivity index (χ3n) is 4.16. The number of rotatable bonds is 5. The number of amides is 1. The molecule has 1 heterocycles. The molecule has 0 aliphatic carbocycles. The highest BCUT2D eigenvalue weighted by molar-refractivity contribution is 9.10. The summed E-state index contributed by atoms with van der Waals surface area (Å²) in [6.45, 7) is 1.29. The van der Waals surface area contributed by atoms with E-state index in [1.165, 1.54) is 37.8 Å². The molecular formula is C21H18BrClN2O5S. The number of carbonyl (C=O) groups excluding carboxylic acids is 2. The lowest BCUT2D eigenvalue weighted by molar-refractivity contribution is -0.132. The number of likely N-dealkylation sites (N-methyl/N-ethyl adjacent to an activating group) is 1. The van der Waals surface area contributed by atoms with Gasteiger partial charge in [-0.2, -0.15) is 0 Å². The molecule has 10 heteroatoms. The zero-order valence-electron chi connectivity index (χ0n) is 17.1. The van der Waals surface area contributed by atoms with Gasteiger partial charge in [-0.3, -0.25) is 14.5 Å². The van der Waals surface area contributed by atoms with Crippen molar-refractivity contribution >= 4 is 68.1 Å². The Morgan fingerprint density at radius 3 is 2.39 bits per heavy atom. The van der Waals surface area contributed by atoms with Gasteiger partial charge in [0, 0.05) is 18.4 Å². The minimum atomic E-state index is -0.500. The summed E-state index contributed by atoms with van der Waals surface area (Å²) in [5.41, 5.74) is 1.27. The van der Waals surface area contributed by atoms with Gasteiger partial charge in [0.15, 0.2) is 16.7 Å². The standard InChI is InChI=1S/C21H18BrClN2O5S/c1-11(26)30-19-16(28-3)7-12(8-17(19)29-4)9-18-20(27)25(2)21(31-18)24-13-5-6-14(22)15(23)10-13/h5-10H,1-4H3/b18-9+,24-21?. The molecule has 1 saturated heterocycles. The van der Waals surface area contributed by atoms with Crippen molar-refractivity contribution in [3.63, 3.8) is 0 Å². The van der Waals surface area contributed by atoms with E-state index in [0.717, 1.165) is 4.47 Å². The number of methoxy groups -OCH3 is 2. The van der Waals surface area contributed by atoms with Crippen LogP contribution in [0, 0.1) is 0 Å². The fourth-order valence-corrected chi connectivity index (χ4v) is 4.10. The van der Waals surface area contributed by atoms with Crippen molar-refractivity contribution < 1.29 is 23.8 Å². The maximum absolute atomic E-state index is 12.7. The number of hydrogen-bond donors (Lipinski definition) is 0. The van der Waals surface area contributed by atoms with Crippen LogP contribution in [0.25, 0.3) is 6.08 Å². The van der Waals surface area contributed by atoms with Crippen LogP contribution in [0.4, 0.5) is 5.69 Å². The monoisotopic (exact) mass is 524 g/mol. The Bertz CT molecular complexity index is 1090. The molecule has 0 saturated carbocycles. The SMILES string of the molecule is COc1cc(/C=C2/SC(=Nc3ccc(Br)c(Cl)c3)N(C)C2=O)cc(OC)c1OC(C)=O. The van der Waals surface area contributed by atoms with Crippen molar-refractivity contribution in [3.8, 4) is 17.2 Å². The number of amidine groups is 1. The molecule has 1 aliphatic rings. The highest BCUT2D eigenvalue weighted by atomic mass is 79.9. The van der Waals surface area contributed by atoms with Crippen LogP contribution >= 0.6 is 39.3 Å². The maximum Gasteiger partial charge on any atom is 0.308 e. The van der Waals surface area contributed by atoms with E-state index in [4.69, 9.17) is 25.8 Å². The van der Waals surface area contributed by atoms with Crippen LogP contribution < -0.4 is 14.2 Å². The topological polar surface area (TPSA) is 77.4 Å². The van der Waals surface area contributed by atoms with E-state index >= 15 is 0 Å². The van der Waals surface area contributed by atoms with E-state index in [2.05, 4.69) is 20.9 Å². The summed E-state index contributed by atoms with van der Waals surface area (Å²) in [5.74, 6) is 0.0948. The Balaban J connectivity index is 1.96. The molecule has 7 nitrogen and oxygen atoms in total. The van der Waals surface area contributed by atoms with Gasteiger partial charge in [0.2, 0.25) is 5.75 Å². The predicted molar refractivity (Wildman–Crippen MR) is 125 cm³/mol.